The highest BCUT2D eigenvalue weighted by atomic mass is 79.9. The Bertz CT molecular complexity index is 773. The highest BCUT2D eigenvalue weighted by Gasteiger charge is 2.11. The van der Waals surface area contributed by atoms with Crippen molar-refractivity contribution in [3.63, 3.8) is 0 Å². The van der Waals surface area contributed by atoms with Gasteiger partial charge in [-0.2, -0.15) is 4.98 Å². The predicted octanol–water partition coefficient (Wildman–Crippen LogP) is 4.40. The van der Waals surface area contributed by atoms with Crippen molar-refractivity contribution in [2.75, 3.05) is 5.73 Å². The molecule has 1 heterocycles. The van der Waals surface area contributed by atoms with Crippen molar-refractivity contribution in [3.8, 4) is 22.8 Å². The number of hydrogen-bond donors (Lipinski definition) is 1. The summed E-state index contributed by atoms with van der Waals surface area (Å²) in [5.74, 6) is 0.929. The zero-order valence-corrected chi connectivity index (χ0v) is 12.5. The maximum Gasteiger partial charge on any atom is 0.258 e. The normalized spacial score (nSPS) is 10.7. The second-order valence-electron chi connectivity index (χ2n) is 4.18. The summed E-state index contributed by atoms with van der Waals surface area (Å²) in [6.07, 6.45) is 0. The smallest absolute Gasteiger partial charge is 0.258 e. The number of anilines is 1. The number of nitrogens with two attached hydrogens (primary N) is 1. The van der Waals surface area contributed by atoms with Gasteiger partial charge in [0.25, 0.3) is 5.89 Å². The maximum absolute atomic E-state index is 5.96. The van der Waals surface area contributed by atoms with Crippen LogP contribution in [0, 0.1) is 0 Å². The average Bonchev–Trinajstić information content (AvgIpc) is 2.92. The Kier molecular flexibility index (Phi) is 3.46. The molecule has 0 fully saturated rings. The number of nitrogens with zero attached hydrogens (tertiary/aromatic N) is 2. The van der Waals surface area contributed by atoms with Crippen molar-refractivity contribution in [1.29, 1.82) is 0 Å². The van der Waals surface area contributed by atoms with E-state index in [0.29, 0.717) is 22.4 Å². The van der Waals surface area contributed by atoms with E-state index in [2.05, 4.69) is 26.1 Å². The van der Waals surface area contributed by atoms with Crippen molar-refractivity contribution >= 4 is 33.2 Å². The molecule has 2 N–H and O–H groups in total. The van der Waals surface area contributed by atoms with Crippen LogP contribution in [0.15, 0.2) is 51.5 Å². The Hall–Kier alpha value is -1.85. The summed E-state index contributed by atoms with van der Waals surface area (Å²) in [5, 5.41) is 4.60. The minimum absolute atomic E-state index is 0.430. The third-order valence-corrected chi connectivity index (χ3v) is 3.95. The van der Waals surface area contributed by atoms with Crippen molar-refractivity contribution in [3.05, 3.63) is 52.0 Å². The van der Waals surface area contributed by atoms with E-state index < -0.39 is 0 Å². The lowest BCUT2D eigenvalue weighted by Gasteiger charge is -1.98. The van der Waals surface area contributed by atoms with Crippen LogP contribution in [0.3, 0.4) is 0 Å². The Morgan fingerprint density at radius 3 is 2.70 bits per heavy atom. The molecule has 4 nitrogen and oxygen atoms in total. The first-order valence-corrected chi connectivity index (χ1v) is 6.95. The van der Waals surface area contributed by atoms with Gasteiger partial charge < -0.3 is 10.3 Å². The largest absolute Gasteiger partial charge is 0.399 e. The third-order valence-electron chi connectivity index (χ3n) is 2.74. The summed E-state index contributed by atoms with van der Waals surface area (Å²) in [4.78, 5) is 4.37. The summed E-state index contributed by atoms with van der Waals surface area (Å²) >= 11 is 9.33. The van der Waals surface area contributed by atoms with E-state index >= 15 is 0 Å². The molecule has 0 spiro atoms. The number of halogens is 2. The highest BCUT2D eigenvalue weighted by Crippen LogP contribution is 2.29. The number of nitrogen functional groups attached to an aromatic ring is 1. The first-order chi connectivity index (χ1) is 9.63. The van der Waals surface area contributed by atoms with Gasteiger partial charge in [0.1, 0.15) is 0 Å². The molecule has 0 saturated carbocycles. The van der Waals surface area contributed by atoms with Crippen LogP contribution < -0.4 is 5.73 Å². The Balaban J connectivity index is 1.99. The van der Waals surface area contributed by atoms with E-state index in [0.717, 1.165) is 15.6 Å². The lowest BCUT2D eigenvalue weighted by Crippen LogP contribution is -1.86. The standard InChI is InChI=1S/C14H9BrClN3O/c15-11-7-9(4-5-12(11)16)14-18-13(19-20-14)8-2-1-3-10(17)6-8/h1-7H,17H2. The van der Waals surface area contributed by atoms with Crippen LogP contribution in [0.1, 0.15) is 0 Å². The fourth-order valence-corrected chi connectivity index (χ4v) is 2.26. The number of benzene rings is 2. The molecule has 100 valence electrons. The van der Waals surface area contributed by atoms with E-state index in [-0.39, 0.29) is 0 Å². The topological polar surface area (TPSA) is 64.9 Å². The molecule has 0 unspecified atom stereocenters. The predicted molar refractivity (Wildman–Crippen MR) is 82.3 cm³/mol. The lowest BCUT2D eigenvalue weighted by atomic mass is 10.2. The first-order valence-electron chi connectivity index (χ1n) is 5.78. The Labute approximate surface area is 128 Å². The second kappa shape index (κ2) is 5.26. The molecule has 20 heavy (non-hydrogen) atoms. The summed E-state index contributed by atoms with van der Waals surface area (Å²) in [7, 11) is 0. The van der Waals surface area contributed by atoms with E-state index in [1.165, 1.54) is 0 Å². The van der Waals surface area contributed by atoms with Gasteiger partial charge in [-0.3, -0.25) is 0 Å². The van der Waals surface area contributed by atoms with Gasteiger partial charge in [0.15, 0.2) is 0 Å². The lowest BCUT2D eigenvalue weighted by molar-refractivity contribution is 0.432. The number of rotatable bonds is 2. The molecule has 6 heteroatoms. The monoisotopic (exact) mass is 349 g/mol. The molecule has 3 rings (SSSR count). The molecule has 0 atom stereocenters. The zero-order chi connectivity index (χ0) is 14.1. The summed E-state index contributed by atoms with van der Waals surface area (Å²) < 4.78 is 6.05. The van der Waals surface area contributed by atoms with E-state index in [1.54, 1.807) is 18.2 Å². The van der Waals surface area contributed by atoms with Crippen LogP contribution in [0.25, 0.3) is 22.8 Å². The van der Waals surface area contributed by atoms with E-state index in [4.69, 9.17) is 21.9 Å². The molecule has 0 saturated heterocycles. The molecule has 0 amide bonds. The molecule has 0 radical (unpaired) electrons. The SMILES string of the molecule is Nc1cccc(-c2noc(-c3ccc(Cl)c(Br)c3)n2)c1. The Morgan fingerprint density at radius 1 is 1.10 bits per heavy atom. The van der Waals surface area contributed by atoms with Crippen molar-refractivity contribution < 1.29 is 4.52 Å². The van der Waals surface area contributed by atoms with E-state index in [1.807, 2.05) is 24.3 Å². The number of aromatic nitrogens is 2. The van der Waals surface area contributed by atoms with Crippen molar-refractivity contribution in [1.82, 2.24) is 10.1 Å². The highest BCUT2D eigenvalue weighted by molar-refractivity contribution is 9.10. The van der Waals surface area contributed by atoms with Gasteiger partial charge in [0.2, 0.25) is 5.82 Å². The van der Waals surface area contributed by atoms with Gasteiger partial charge in [-0.15, -0.1) is 0 Å². The molecule has 0 aliphatic heterocycles. The minimum Gasteiger partial charge on any atom is -0.399 e. The molecule has 0 aliphatic rings. The van der Waals surface area contributed by atoms with Gasteiger partial charge in [-0.25, -0.2) is 0 Å². The van der Waals surface area contributed by atoms with Crippen molar-refractivity contribution in [2.24, 2.45) is 0 Å². The number of hydrogen-bond acceptors (Lipinski definition) is 4. The third kappa shape index (κ3) is 2.55. The first kappa shape index (κ1) is 13.1. The second-order valence-corrected chi connectivity index (χ2v) is 5.44. The molecular formula is C14H9BrClN3O. The fourth-order valence-electron chi connectivity index (χ4n) is 1.76. The molecule has 3 aromatic rings. The van der Waals surface area contributed by atoms with Crippen LogP contribution in [0.5, 0.6) is 0 Å². The van der Waals surface area contributed by atoms with E-state index in [9.17, 15) is 0 Å². The maximum atomic E-state index is 5.96. The van der Waals surface area contributed by atoms with Crippen LogP contribution in [-0.4, -0.2) is 10.1 Å². The minimum atomic E-state index is 0.430. The zero-order valence-electron chi connectivity index (χ0n) is 10.2. The average molecular weight is 351 g/mol. The Morgan fingerprint density at radius 2 is 1.95 bits per heavy atom. The van der Waals surface area contributed by atoms with Gasteiger partial charge in [-0.1, -0.05) is 28.9 Å². The van der Waals surface area contributed by atoms with Gasteiger partial charge in [-0.05, 0) is 46.3 Å². The summed E-state index contributed by atoms with van der Waals surface area (Å²) in [5.41, 5.74) is 8.01. The molecule has 0 aliphatic carbocycles. The molecule has 2 aromatic carbocycles. The van der Waals surface area contributed by atoms with Crippen LogP contribution in [0.2, 0.25) is 5.02 Å². The van der Waals surface area contributed by atoms with Crippen molar-refractivity contribution in [2.45, 2.75) is 0 Å². The van der Waals surface area contributed by atoms with Crippen LogP contribution in [-0.2, 0) is 0 Å². The van der Waals surface area contributed by atoms with Gasteiger partial charge in [0.05, 0.1) is 5.02 Å². The molecule has 0 bridgehead atoms. The van der Waals surface area contributed by atoms with Gasteiger partial charge >= 0.3 is 0 Å². The summed E-state index contributed by atoms with van der Waals surface area (Å²) in [6, 6.07) is 12.8. The van der Waals surface area contributed by atoms with Crippen LogP contribution in [0.4, 0.5) is 5.69 Å². The quantitative estimate of drug-likeness (QED) is 0.696. The van der Waals surface area contributed by atoms with Gasteiger partial charge in [0, 0.05) is 21.3 Å². The van der Waals surface area contributed by atoms with Crippen LogP contribution >= 0.6 is 27.5 Å². The molecule has 1 aromatic heterocycles. The summed E-state index contributed by atoms with van der Waals surface area (Å²) in [6.45, 7) is 0. The molecular weight excluding hydrogens is 342 g/mol. The fraction of sp³-hybridized carbons (Fsp3) is 0.